The van der Waals surface area contributed by atoms with E-state index < -0.39 is 38.6 Å². The first-order valence-corrected chi connectivity index (χ1v) is 7.71. The van der Waals surface area contributed by atoms with E-state index in [2.05, 4.69) is 15.9 Å². The standard InChI is InChI=1S/C11H12BrF2NO4S/c1-3-9(11(16)17)15(2)20(18,19)10-7(12)4-6(13)5-8(10)14/h4-5,9H,3H2,1-2H3,(H,16,17). The summed E-state index contributed by atoms with van der Waals surface area (Å²) in [6, 6.07) is -0.116. The molecule has 9 heteroatoms. The number of likely N-dealkylation sites (N-methyl/N-ethyl adjacent to an activating group) is 1. The molecule has 0 saturated carbocycles. The van der Waals surface area contributed by atoms with Gasteiger partial charge in [0.05, 0.1) is 0 Å². The summed E-state index contributed by atoms with van der Waals surface area (Å²) in [5.41, 5.74) is 0. The predicted molar refractivity (Wildman–Crippen MR) is 70.7 cm³/mol. The molecule has 1 N–H and O–H groups in total. The van der Waals surface area contributed by atoms with Gasteiger partial charge in [0.1, 0.15) is 22.6 Å². The Morgan fingerprint density at radius 1 is 1.45 bits per heavy atom. The van der Waals surface area contributed by atoms with Crippen molar-refractivity contribution in [3.05, 3.63) is 28.2 Å². The fourth-order valence-electron chi connectivity index (χ4n) is 1.67. The number of sulfonamides is 1. The van der Waals surface area contributed by atoms with Gasteiger partial charge in [-0.05, 0) is 28.4 Å². The lowest BCUT2D eigenvalue weighted by atomic mass is 10.2. The second kappa shape index (κ2) is 6.15. The van der Waals surface area contributed by atoms with Crippen molar-refractivity contribution in [3.63, 3.8) is 0 Å². The SMILES string of the molecule is CCC(C(=O)O)N(C)S(=O)(=O)c1c(F)cc(F)cc1Br. The molecule has 1 unspecified atom stereocenters. The maximum atomic E-state index is 13.7. The molecule has 0 spiro atoms. The Morgan fingerprint density at radius 3 is 2.40 bits per heavy atom. The Morgan fingerprint density at radius 2 is 2.00 bits per heavy atom. The van der Waals surface area contributed by atoms with Crippen LogP contribution in [0.5, 0.6) is 0 Å². The Balaban J connectivity index is 3.41. The van der Waals surface area contributed by atoms with Crippen molar-refractivity contribution in [3.8, 4) is 0 Å². The van der Waals surface area contributed by atoms with Crippen LogP contribution in [0.3, 0.4) is 0 Å². The fourth-order valence-corrected chi connectivity index (χ4v) is 4.17. The van der Waals surface area contributed by atoms with Crippen molar-refractivity contribution in [2.45, 2.75) is 24.3 Å². The number of aliphatic carboxylic acids is 1. The topological polar surface area (TPSA) is 74.7 Å². The van der Waals surface area contributed by atoms with Gasteiger partial charge in [-0.3, -0.25) is 4.79 Å². The maximum Gasteiger partial charge on any atom is 0.321 e. The van der Waals surface area contributed by atoms with E-state index in [-0.39, 0.29) is 10.9 Å². The highest BCUT2D eigenvalue weighted by atomic mass is 79.9. The molecule has 1 rings (SSSR count). The van der Waals surface area contributed by atoms with E-state index in [0.29, 0.717) is 10.4 Å². The molecule has 0 heterocycles. The number of carbonyl (C=O) groups is 1. The molecule has 1 aromatic rings. The van der Waals surface area contributed by atoms with E-state index in [1.54, 1.807) is 0 Å². The molecule has 0 amide bonds. The fraction of sp³-hybridized carbons (Fsp3) is 0.364. The highest BCUT2D eigenvalue weighted by Crippen LogP contribution is 2.29. The summed E-state index contributed by atoms with van der Waals surface area (Å²) in [5, 5.41) is 8.97. The van der Waals surface area contributed by atoms with Crippen LogP contribution in [0.15, 0.2) is 21.5 Å². The van der Waals surface area contributed by atoms with Crippen LogP contribution < -0.4 is 0 Å². The lowest BCUT2D eigenvalue weighted by Crippen LogP contribution is -2.42. The zero-order valence-electron chi connectivity index (χ0n) is 10.6. The van der Waals surface area contributed by atoms with Crippen molar-refractivity contribution in [2.24, 2.45) is 0 Å². The van der Waals surface area contributed by atoms with Gasteiger partial charge in [-0.15, -0.1) is 0 Å². The second-order valence-electron chi connectivity index (χ2n) is 3.98. The Hall–Kier alpha value is -1.06. The number of halogens is 3. The molecular formula is C11H12BrF2NO4S. The van der Waals surface area contributed by atoms with Gasteiger partial charge < -0.3 is 5.11 Å². The van der Waals surface area contributed by atoms with Crippen molar-refractivity contribution < 1.29 is 27.1 Å². The number of carboxylic acid groups (broad SMARTS) is 1. The van der Waals surface area contributed by atoms with Gasteiger partial charge in [0, 0.05) is 17.6 Å². The van der Waals surface area contributed by atoms with Crippen molar-refractivity contribution in [1.82, 2.24) is 4.31 Å². The molecule has 1 atom stereocenters. The molecule has 1 aromatic carbocycles. The van der Waals surface area contributed by atoms with Gasteiger partial charge in [0.15, 0.2) is 0 Å². The first kappa shape index (κ1) is 17.0. The molecule has 0 aliphatic carbocycles. The summed E-state index contributed by atoms with van der Waals surface area (Å²) >= 11 is 2.78. The van der Waals surface area contributed by atoms with E-state index in [4.69, 9.17) is 5.11 Å². The minimum absolute atomic E-state index is 0.00545. The smallest absolute Gasteiger partial charge is 0.321 e. The van der Waals surface area contributed by atoms with E-state index in [0.717, 1.165) is 13.1 Å². The average Bonchev–Trinajstić information content (AvgIpc) is 2.26. The predicted octanol–water partition coefficient (Wildman–Crippen LogP) is 2.21. The third-order valence-corrected chi connectivity index (χ3v) is 5.54. The van der Waals surface area contributed by atoms with Gasteiger partial charge in [0.2, 0.25) is 10.0 Å². The summed E-state index contributed by atoms with van der Waals surface area (Å²) in [4.78, 5) is 10.2. The molecule has 0 fully saturated rings. The highest BCUT2D eigenvalue weighted by Gasteiger charge is 2.35. The quantitative estimate of drug-likeness (QED) is 0.860. The van der Waals surface area contributed by atoms with Gasteiger partial charge in [-0.2, -0.15) is 4.31 Å². The first-order chi connectivity index (χ1) is 9.12. The minimum Gasteiger partial charge on any atom is -0.480 e. The monoisotopic (exact) mass is 371 g/mol. The van der Waals surface area contributed by atoms with Crippen LogP contribution in [-0.2, 0) is 14.8 Å². The molecule has 0 aromatic heterocycles. The molecule has 0 radical (unpaired) electrons. The van der Waals surface area contributed by atoms with Gasteiger partial charge in [-0.1, -0.05) is 6.92 Å². The molecule has 112 valence electrons. The lowest BCUT2D eigenvalue weighted by molar-refractivity contribution is -0.141. The molecule has 20 heavy (non-hydrogen) atoms. The minimum atomic E-state index is -4.41. The van der Waals surface area contributed by atoms with Gasteiger partial charge in [-0.25, -0.2) is 17.2 Å². The molecule has 0 aliphatic rings. The van der Waals surface area contributed by atoms with Crippen LogP contribution >= 0.6 is 15.9 Å². The van der Waals surface area contributed by atoms with Crippen LogP contribution in [0.2, 0.25) is 0 Å². The number of carboxylic acids is 1. The Kier molecular flexibility index (Phi) is 5.22. The van der Waals surface area contributed by atoms with E-state index in [1.807, 2.05) is 0 Å². The number of hydrogen-bond donors (Lipinski definition) is 1. The third-order valence-electron chi connectivity index (χ3n) is 2.71. The Bertz CT molecular complexity index is 612. The Labute approximate surface area is 123 Å². The summed E-state index contributed by atoms with van der Waals surface area (Å²) < 4.78 is 51.5. The molecule has 5 nitrogen and oxygen atoms in total. The van der Waals surface area contributed by atoms with Crippen molar-refractivity contribution in [2.75, 3.05) is 7.05 Å². The summed E-state index contributed by atoms with van der Waals surface area (Å²) in [6.07, 6.45) is 0.00545. The van der Waals surface area contributed by atoms with E-state index >= 15 is 0 Å². The van der Waals surface area contributed by atoms with E-state index in [1.165, 1.54) is 6.92 Å². The number of benzene rings is 1. The molecule has 0 bridgehead atoms. The molecule has 0 saturated heterocycles. The van der Waals surface area contributed by atoms with Crippen LogP contribution in [-0.4, -0.2) is 36.9 Å². The third kappa shape index (κ3) is 3.15. The van der Waals surface area contributed by atoms with Crippen LogP contribution in [0, 0.1) is 11.6 Å². The second-order valence-corrected chi connectivity index (χ2v) is 6.77. The highest BCUT2D eigenvalue weighted by molar-refractivity contribution is 9.10. The van der Waals surface area contributed by atoms with E-state index in [9.17, 15) is 22.0 Å². The normalized spacial score (nSPS) is 13.5. The number of rotatable bonds is 5. The van der Waals surface area contributed by atoms with Crippen LogP contribution in [0.25, 0.3) is 0 Å². The summed E-state index contributed by atoms with van der Waals surface area (Å²) in [7, 11) is -3.37. The average molecular weight is 372 g/mol. The summed E-state index contributed by atoms with van der Waals surface area (Å²) in [5.74, 6) is -3.58. The summed E-state index contributed by atoms with van der Waals surface area (Å²) in [6.45, 7) is 1.49. The van der Waals surface area contributed by atoms with Crippen molar-refractivity contribution in [1.29, 1.82) is 0 Å². The number of nitrogens with zero attached hydrogens (tertiary/aromatic N) is 1. The molecular weight excluding hydrogens is 360 g/mol. The van der Waals surface area contributed by atoms with Gasteiger partial charge >= 0.3 is 5.97 Å². The van der Waals surface area contributed by atoms with Crippen LogP contribution in [0.4, 0.5) is 8.78 Å². The largest absolute Gasteiger partial charge is 0.480 e. The molecule has 0 aliphatic heterocycles. The lowest BCUT2D eigenvalue weighted by Gasteiger charge is -2.23. The van der Waals surface area contributed by atoms with Crippen molar-refractivity contribution >= 4 is 31.9 Å². The maximum absolute atomic E-state index is 13.7. The zero-order valence-corrected chi connectivity index (χ0v) is 13.0. The first-order valence-electron chi connectivity index (χ1n) is 5.48. The zero-order chi connectivity index (χ0) is 15.7. The van der Waals surface area contributed by atoms with Crippen LogP contribution in [0.1, 0.15) is 13.3 Å². The number of hydrogen-bond acceptors (Lipinski definition) is 3. The van der Waals surface area contributed by atoms with Gasteiger partial charge in [0.25, 0.3) is 0 Å².